The Morgan fingerprint density at radius 2 is 2.10 bits per heavy atom. The SMILES string of the molecule is Cc1ccc(O)c(C=Nc2ccc3c(c2)COCO3)c1. The van der Waals surface area contributed by atoms with Crippen LogP contribution in [-0.4, -0.2) is 18.1 Å². The van der Waals surface area contributed by atoms with Crippen molar-refractivity contribution in [2.45, 2.75) is 13.5 Å². The summed E-state index contributed by atoms with van der Waals surface area (Å²) in [5.41, 5.74) is 3.57. The highest BCUT2D eigenvalue weighted by atomic mass is 16.7. The molecular weight excluding hydrogens is 254 g/mol. The minimum Gasteiger partial charge on any atom is -0.507 e. The molecule has 4 heteroatoms. The molecule has 4 nitrogen and oxygen atoms in total. The first-order valence-electron chi connectivity index (χ1n) is 6.39. The number of aromatic hydroxyl groups is 1. The first-order valence-corrected chi connectivity index (χ1v) is 6.39. The van der Waals surface area contributed by atoms with Crippen LogP contribution >= 0.6 is 0 Å². The minimum absolute atomic E-state index is 0.226. The maximum atomic E-state index is 9.77. The van der Waals surface area contributed by atoms with Crippen molar-refractivity contribution in [3.8, 4) is 11.5 Å². The van der Waals surface area contributed by atoms with E-state index >= 15 is 0 Å². The summed E-state index contributed by atoms with van der Waals surface area (Å²) in [5, 5.41) is 9.77. The van der Waals surface area contributed by atoms with Crippen molar-refractivity contribution in [1.29, 1.82) is 0 Å². The van der Waals surface area contributed by atoms with Crippen LogP contribution in [0.5, 0.6) is 11.5 Å². The van der Waals surface area contributed by atoms with E-state index in [9.17, 15) is 5.11 Å². The first kappa shape index (κ1) is 12.7. The van der Waals surface area contributed by atoms with Gasteiger partial charge in [-0.15, -0.1) is 0 Å². The van der Waals surface area contributed by atoms with Crippen LogP contribution in [0.3, 0.4) is 0 Å². The zero-order chi connectivity index (χ0) is 13.9. The van der Waals surface area contributed by atoms with Gasteiger partial charge in [0.15, 0.2) is 6.79 Å². The third-order valence-electron chi connectivity index (χ3n) is 3.14. The number of fused-ring (bicyclic) bond motifs is 1. The van der Waals surface area contributed by atoms with Crippen molar-refractivity contribution < 1.29 is 14.6 Å². The van der Waals surface area contributed by atoms with Crippen molar-refractivity contribution in [3.05, 3.63) is 53.1 Å². The number of benzene rings is 2. The molecular formula is C16H15NO3. The predicted octanol–water partition coefficient (Wildman–Crippen LogP) is 3.32. The molecule has 0 radical (unpaired) electrons. The first-order chi connectivity index (χ1) is 9.72. The quantitative estimate of drug-likeness (QED) is 0.851. The van der Waals surface area contributed by atoms with Crippen LogP contribution < -0.4 is 4.74 Å². The number of phenolic OH excluding ortho intramolecular Hbond substituents is 1. The molecule has 2 aromatic carbocycles. The van der Waals surface area contributed by atoms with Gasteiger partial charge >= 0.3 is 0 Å². The van der Waals surface area contributed by atoms with Crippen LogP contribution in [-0.2, 0) is 11.3 Å². The second-order valence-electron chi connectivity index (χ2n) is 4.72. The maximum Gasteiger partial charge on any atom is 0.189 e. The van der Waals surface area contributed by atoms with Gasteiger partial charge in [-0.05, 0) is 37.3 Å². The fourth-order valence-corrected chi connectivity index (χ4v) is 2.08. The largest absolute Gasteiger partial charge is 0.507 e. The average Bonchev–Trinajstić information content (AvgIpc) is 2.48. The van der Waals surface area contributed by atoms with E-state index in [0.29, 0.717) is 19.0 Å². The number of phenols is 1. The van der Waals surface area contributed by atoms with E-state index in [2.05, 4.69) is 4.99 Å². The van der Waals surface area contributed by atoms with E-state index < -0.39 is 0 Å². The molecule has 0 unspecified atom stereocenters. The number of aliphatic imine (C=N–C) groups is 1. The van der Waals surface area contributed by atoms with Crippen molar-refractivity contribution >= 4 is 11.9 Å². The molecule has 20 heavy (non-hydrogen) atoms. The molecule has 0 aromatic heterocycles. The zero-order valence-corrected chi connectivity index (χ0v) is 11.2. The van der Waals surface area contributed by atoms with Crippen LogP contribution in [0.2, 0.25) is 0 Å². The zero-order valence-electron chi connectivity index (χ0n) is 11.2. The number of nitrogens with zero attached hydrogens (tertiary/aromatic N) is 1. The Morgan fingerprint density at radius 1 is 1.20 bits per heavy atom. The lowest BCUT2D eigenvalue weighted by Gasteiger charge is -2.17. The van der Waals surface area contributed by atoms with E-state index in [1.807, 2.05) is 37.3 Å². The molecule has 0 saturated heterocycles. The fourth-order valence-electron chi connectivity index (χ4n) is 2.08. The Hall–Kier alpha value is -2.33. The van der Waals surface area contributed by atoms with E-state index in [-0.39, 0.29) is 5.75 Å². The molecule has 0 aliphatic carbocycles. The summed E-state index contributed by atoms with van der Waals surface area (Å²) in [5.74, 6) is 1.07. The van der Waals surface area contributed by atoms with Crippen molar-refractivity contribution in [2.24, 2.45) is 4.99 Å². The van der Waals surface area contributed by atoms with Gasteiger partial charge in [-0.25, -0.2) is 0 Å². The summed E-state index contributed by atoms with van der Waals surface area (Å²) >= 11 is 0. The van der Waals surface area contributed by atoms with Crippen LogP contribution in [0.4, 0.5) is 5.69 Å². The highest BCUT2D eigenvalue weighted by molar-refractivity contribution is 5.85. The molecule has 2 aromatic rings. The Kier molecular flexibility index (Phi) is 3.39. The van der Waals surface area contributed by atoms with Crippen LogP contribution in [0.1, 0.15) is 16.7 Å². The lowest BCUT2D eigenvalue weighted by atomic mass is 10.1. The van der Waals surface area contributed by atoms with E-state index in [1.54, 1.807) is 12.3 Å². The predicted molar refractivity (Wildman–Crippen MR) is 76.8 cm³/mol. The summed E-state index contributed by atoms with van der Waals surface area (Å²) in [4.78, 5) is 4.39. The molecule has 0 saturated carbocycles. The second-order valence-corrected chi connectivity index (χ2v) is 4.72. The fraction of sp³-hybridized carbons (Fsp3) is 0.188. The number of rotatable bonds is 2. The number of aryl methyl sites for hydroxylation is 1. The van der Waals surface area contributed by atoms with Gasteiger partial charge in [0.2, 0.25) is 0 Å². The lowest BCUT2D eigenvalue weighted by molar-refractivity contribution is -0.0163. The standard InChI is InChI=1S/C16H15NO3/c1-11-2-4-15(18)12(6-11)8-17-14-3-5-16-13(7-14)9-19-10-20-16/h2-8,18H,9-10H2,1H3. The molecule has 0 bridgehead atoms. The van der Waals surface area contributed by atoms with Crippen molar-refractivity contribution in [2.75, 3.05) is 6.79 Å². The van der Waals surface area contributed by atoms with Crippen molar-refractivity contribution in [1.82, 2.24) is 0 Å². The smallest absolute Gasteiger partial charge is 0.189 e. The summed E-state index contributed by atoms with van der Waals surface area (Å²) in [6, 6.07) is 11.1. The van der Waals surface area contributed by atoms with Gasteiger partial charge in [0.05, 0.1) is 12.3 Å². The summed E-state index contributed by atoms with van der Waals surface area (Å²) in [7, 11) is 0. The van der Waals surface area contributed by atoms with Gasteiger partial charge in [0.1, 0.15) is 11.5 Å². The normalized spacial score (nSPS) is 14.1. The van der Waals surface area contributed by atoms with E-state index in [0.717, 1.165) is 22.6 Å². The number of hydrogen-bond acceptors (Lipinski definition) is 4. The average molecular weight is 269 g/mol. The molecule has 102 valence electrons. The number of hydrogen-bond donors (Lipinski definition) is 1. The topological polar surface area (TPSA) is 51.1 Å². The van der Waals surface area contributed by atoms with Crippen LogP contribution in [0, 0.1) is 6.92 Å². The second kappa shape index (κ2) is 5.35. The van der Waals surface area contributed by atoms with Crippen molar-refractivity contribution in [3.63, 3.8) is 0 Å². The Balaban J connectivity index is 1.87. The summed E-state index contributed by atoms with van der Waals surface area (Å²) in [6.45, 7) is 2.81. The molecule has 3 rings (SSSR count). The number of ether oxygens (including phenoxy) is 2. The molecule has 0 spiro atoms. The van der Waals surface area contributed by atoms with E-state index in [4.69, 9.17) is 9.47 Å². The molecule has 1 N–H and O–H groups in total. The maximum absolute atomic E-state index is 9.77. The third-order valence-corrected chi connectivity index (χ3v) is 3.14. The van der Waals surface area contributed by atoms with Gasteiger partial charge in [0.25, 0.3) is 0 Å². The van der Waals surface area contributed by atoms with Gasteiger partial charge in [-0.3, -0.25) is 4.99 Å². The Bertz CT molecular complexity index is 665. The third kappa shape index (κ3) is 2.65. The van der Waals surface area contributed by atoms with Gasteiger partial charge in [0, 0.05) is 17.3 Å². The lowest BCUT2D eigenvalue weighted by Crippen LogP contribution is -2.10. The van der Waals surface area contributed by atoms with Gasteiger partial charge < -0.3 is 14.6 Å². The molecule has 1 aliphatic rings. The molecule has 1 heterocycles. The Labute approximate surface area is 117 Å². The molecule has 0 fully saturated rings. The monoisotopic (exact) mass is 269 g/mol. The highest BCUT2D eigenvalue weighted by Gasteiger charge is 2.10. The van der Waals surface area contributed by atoms with Gasteiger partial charge in [-0.2, -0.15) is 0 Å². The summed E-state index contributed by atoms with van der Waals surface area (Å²) in [6.07, 6.45) is 1.66. The van der Waals surface area contributed by atoms with Crippen LogP contribution in [0.25, 0.3) is 0 Å². The molecule has 1 aliphatic heterocycles. The molecule has 0 amide bonds. The molecule has 0 atom stereocenters. The minimum atomic E-state index is 0.226. The van der Waals surface area contributed by atoms with Gasteiger partial charge in [-0.1, -0.05) is 11.6 Å². The summed E-state index contributed by atoms with van der Waals surface area (Å²) < 4.78 is 10.6. The van der Waals surface area contributed by atoms with Crippen LogP contribution in [0.15, 0.2) is 41.4 Å². The highest BCUT2D eigenvalue weighted by Crippen LogP contribution is 2.28. The van der Waals surface area contributed by atoms with E-state index in [1.165, 1.54) is 0 Å². The Morgan fingerprint density at radius 3 is 3.00 bits per heavy atom.